The maximum Gasteiger partial charge on any atom is 0.231 e. The molecule has 0 aromatic heterocycles. The molecule has 1 fully saturated rings. The second-order valence-corrected chi connectivity index (χ2v) is 6.68. The fraction of sp³-hybridized carbons (Fsp3) is 0.467. The third-order valence-electron chi connectivity index (χ3n) is 3.44. The molecule has 0 unspecified atom stereocenters. The zero-order chi connectivity index (χ0) is 14.6. The Balaban J connectivity index is 1.75. The normalized spacial score (nSPS) is 17.1. The van der Waals surface area contributed by atoms with E-state index in [1.54, 1.807) is 0 Å². The van der Waals surface area contributed by atoms with Crippen LogP contribution in [0.3, 0.4) is 0 Å². The molecule has 0 bridgehead atoms. The molecule has 0 radical (unpaired) electrons. The highest BCUT2D eigenvalue weighted by atomic mass is 35.5. The Morgan fingerprint density at radius 1 is 1.50 bits per heavy atom. The Morgan fingerprint density at radius 3 is 2.70 bits per heavy atom. The van der Waals surface area contributed by atoms with E-state index in [0.717, 1.165) is 24.2 Å². The highest BCUT2D eigenvalue weighted by Crippen LogP contribution is 2.39. The summed E-state index contributed by atoms with van der Waals surface area (Å²) in [5, 5.41) is 12.8. The van der Waals surface area contributed by atoms with Crippen LogP contribution in [0, 0.1) is 17.2 Å². The Morgan fingerprint density at radius 2 is 2.15 bits per heavy atom. The first-order valence-electron chi connectivity index (χ1n) is 6.58. The number of carbonyl (C=O) groups excluding carboxylic acids is 1. The quantitative estimate of drug-likeness (QED) is 0.876. The molecule has 20 heavy (non-hydrogen) atoms. The van der Waals surface area contributed by atoms with Crippen LogP contribution < -0.4 is 5.32 Å². The van der Waals surface area contributed by atoms with Crippen molar-refractivity contribution in [2.75, 3.05) is 5.75 Å². The number of rotatable bonds is 6. The van der Waals surface area contributed by atoms with Gasteiger partial charge in [0.1, 0.15) is 5.54 Å². The van der Waals surface area contributed by atoms with Gasteiger partial charge in [0.2, 0.25) is 5.91 Å². The molecule has 1 saturated carbocycles. The van der Waals surface area contributed by atoms with Gasteiger partial charge in [-0.25, -0.2) is 0 Å². The van der Waals surface area contributed by atoms with Gasteiger partial charge in [0.25, 0.3) is 0 Å². The van der Waals surface area contributed by atoms with E-state index in [9.17, 15) is 10.1 Å². The molecule has 2 rings (SSSR count). The second-order valence-electron chi connectivity index (χ2n) is 5.26. The summed E-state index contributed by atoms with van der Waals surface area (Å²) >= 11 is 7.36. The van der Waals surface area contributed by atoms with Gasteiger partial charge in [0.15, 0.2) is 0 Å². The smallest absolute Gasteiger partial charge is 0.231 e. The number of hydrogen-bond donors (Lipinski definition) is 1. The predicted octanol–water partition coefficient (Wildman–Crippen LogP) is 3.38. The third kappa shape index (κ3) is 4.16. The van der Waals surface area contributed by atoms with Crippen LogP contribution in [-0.4, -0.2) is 17.2 Å². The maximum absolute atomic E-state index is 11.9. The molecule has 106 valence electrons. The van der Waals surface area contributed by atoms with Gasteiger partial charge in [0, 0.05) is 10.8 Å². The van der Waals surface area contributed by atoms with E-state index < -0.39 is 5.54 Å². The molecule has 0 saturated heterocycles. The number of amides is 1. The van der Waals surface area contributed by atoms with Gasteiger partial charge in [-0.15, -0.1) is 11.8 Å². The van der Waals surface area contributed by atoms with E-state index in [-0.39, 0.29) is 5.91 Å². The lowest BCUT2D eigenvalue weighted by Gasteiger charge is -2.22. The standard InChI is InChI=1S/C15H17ClN2OS/c1-15(10-17,12-4-5-12)18-14(19)9-20-8-11-2-6-13(16)7-3-11/h2-3,6-7,12H,4-5,8-9H2,1H3,(H,18,19)/t15-/m1/s1. The molecule has 0 aliphatic heterocycles. The number of nitrogens with zero attached hydrogens (tertiary/aromatic N) is 1. The molecule has 1 atom stereocenters. The Kier molecular flexibility index (Phi) is 4.95. The predicted molar refractivity (Wildman–Crippen MR) is 82.5 cm³/mol. The summed E-state index contributed by atoms with van der Waals surface area (Å²) in [5.74, 6) is 1.38. The van der Waals surface area contributed by atoms with Gasteiger partial charge in [-0.1, -0.05) is 23.7 Å². The molecule has 5 heteroatoms. The highest BCUT2D eigenvalue weighted by molar-refractivity contribution is 7.99. The van der Waals surface area contributed by atoms with Crippen molar-refractivity contribution in [3.63, 3.8) is 0 Å². The first-order chi connectivity index (χ1) is 9.53. The van der Waals surface area contributed by atoms with E-state index >= 15 is 0 Å². The fourth-order valence-corrected chi connectivity index (χ4v) is 2.96. The van der Waals surface area contributed by atoms with Crippen molar-refractivity contribution in [1.29, 1.82) is 5.26 Å². The van der Waals surface area contributed by atoms with Crippen molar-refractivity contribution in [2.24, 2.45) is 5.92 Å². The topological polar surface area (TPSA) is 52.9 Å². The number of thioether (sulfide) groups is 1. The minimum Gasteiger partial charge on any atom is -0.337 e. The highest BCUT2D eigenvalue weighted by Gasteiger charge is 2.42. The Bertz CT molecular complexity index is 522. The number of hydrogen-bond acceptors (Lipinski definition) is 3. The number of carbonyl (C=O) groups is 1. The van der Waals surface area contributed by atoms with E-state index in [2.05, 4.69) is 11.4 Å². The summed E-state index contributed by atoms with van der Waals surface area (Å²) < 4.78 is 0. The Hall–Kier alpha value is -1.18. The lowest BCUT2D eigenvalue weighted by atomic mass is 9.98. The number of nitrogens with one attached hydrogen (secondary N) is 1. The van der Waals surface area contributed by atoms with Crippen molar-refractivity contribution in [3.8, 4) is 6.07 Å². The number of nitriles is 1. The average Bonchev–Trinajstić information content (AvgIpc) is 3.25. The summed E-state index contributed by atoms with van der Waals surface area (Å²) in [6.07, 6.45) is 2.06. The van der Waals surface area contributed by atoms with Crippen LogP contribution in [-0.2, 0) is 10.5 Å². The molecule has 3 nitrogen and oxygen atoms in total. The molecule has 1 aliphatic rings. The molecule has 1 aliphatic carbocycles. The van der Waals surface area contributed by atoms with E-state index in [4.69, 9.17) is 11.6 Å². The zero-order valence-electron chi connectivity index (χ0n) is 11.4. The SMILES string of the molecule is C[C@](C#N)(NC(=O)CSCc1ccc(Cl)cc1)C1CC1. The van der Waals surface area contributed by atoms with Crippen molar-refractivity contribution in [3.05, 3.63) is 34.9 Å². The fourth-order valence-electron chi connectivity index (χ4n) is 2.05. The van der Waals surface area contributed by atoms with Crippen molar-refractivity contribution in [1.82, 2.24) is 5.32 Å². The lowest BCUT2D eigenvalue weighted by Crippen LogP contribution is -2.47. The van der Waals surface area contributed by atoms with Gasteiger partial charge < -0.3 is 5.32 Å². The van der Waals surface area contributed by atoms with Crippen LogP contribution >= 0.6 is 23.4 Å². The van der Waals surface area contributed by atoms with Gasteiger partial charge >= 0.3 is 0 Å². The van der Waals surface area contributed by atoms with Crippen LogP contribution in [0.1, 0.15) is 25.3 Å². The minimum atomic E-state index is -0.697. The molecule has 0 spiro atoms. The first-order valence-corrected chi connectivity index (χ1v) is 8.11. The maximum atomic E-state index is 11.9. The summed E-state index contributed by atoms with van der Waals surface area (Å²) in [5.41, 5.74) is 0.440. The largest absolute Gasteiger partial charge is 0.337 e. The Labute approximate surface area is 128 Å². The van der Waals surface area contributed by atoms with Crippen LogP contribution in [0.25, 0.3) is 0 Å². The molecule has 1 aromatic rings. The number of benzene rings is 1. The molecular weight excluding hydrogens is 292 g/mol. The minimum absolute atomic E-state index is 0.0695. The van der Waals surface area contributed by atoms with Crippen LogP contribution in [0.15, 0.2) is 24.3 Å². The third-order valence-corrected chi connectivity index (χ3v) is 4.70. The van der Waals surface area contributed by atoms with E-state index in [1.165, 1.54) is 11.8 Å². The molecule has 0 heterocycles. The second kappa shape index (κ2) is 6.51. The first kappa shape index (κ1) is 15.2. The van der Waals surface area contributed by atoms with Crippen molar-refractivity contribution >= 4 is 29.3 Å². The molecular formula is C15H17ClN2OS. The summed E-state index contributed by atoms with van der Waals surface area (Å²) in [4.78, 5) is 11.9. The lowest BCUT2D eigenvalue weighted by molar-refractivity contribution is -0.119. The van der Waals surface area contributed by atoms with Gasteiger partial charge in [0.05, 0.1) is 11.8 Å². The van der Waals surface area contributed by atoms with Crippen LogP contribution in [0.4, 0.5) is 0 Å². The van der Waals surface area contributed by atoms with Gasteiger partial charge in [-0.05, 0) is 43.4 Å². The molecule has 1 N–H and O–H groups in total. The summed E-state index contributed by atoms with van der Waals surface area (Å²) in [6.45, 7) is 1.81. The van der Waals surface area contributed by atoms with Gasteiger partial charge in [-0.3, -0.25) is 4.79 Å². The van der Waals surface area contributed by atoms with E-state index in [0.29, 0.717) is 16.7 Å². The van der Waals surface area contributed by atoms with Crippen LogP contribution in [0.5, 0.6) is 0 Å². The molecule has 1 aromatic carbocycles. The van der Waals surface area contributed by atoms with E-state index in [1.807, 2.05) is 31.2 Å². The number of halogens is 1. The van der Waals surface area contributed by atoms with Gasteiger partial charge in [-0.2, -0.15) is 5.26 Å². The summed E-state index contributed by atoms with van der Waals surface area (Å²) in [7, 11) is 0. The summed E-state index contributed by atoms with van der Waals surface area (Å²) in [6, 6.07) is 9.83. The van der Waals surface area contributed by atoms with Crippen molar-refractivity contribution in [2.45, 2.75) is 31.1 Å². The monoisotopic (exact) mass is 308 g/mol. The average molecular weight is 309 g/mol. The van der Waals surface area contributed by atoms with Crippen LogP contribution in [0.2, 0.25) is 5.02 Å². The molecule has 1 amide bonds. The van der Waals surface area contributed by atoms with Crippen molar-refractivity contribution < 1.29 is 4.79 Å². The zero-order valence-corrected chi connectivity index (χ0v) is 12.9.